The third-order valence-electron chi connectivity index (χ3n) is 2.93. The number of hydrogen-bond acceptors (Lipinski definition) is 2. The first-order chi connectivity index (χ1) is 8.66. The fourth-order valence-electron chi connectivity index (χ4n) is 1.82. The van der Waals surface area contributed by atoms with Crippen molar-refractivity contribution in [1.82, 2.24) is 4.98 Å². The predicted octanol–water partition coefficient (Wildman–Crippen LogP) is 2.39. The summed E-state index contributed by atoms with van der Waals surface area (Å²) < 4.78 is 0. The summed E-state index contributed by atoms with van der Waals surface area (Å²) in [6.45, 7) is 0.848. The van der Waals surface area contributed by atoms with Crippen LogP contribution in [-0.4, -0.2) is 29.7 Å². The molecule has 2 aromatic rings. The number of anilines is 1. The van der Waals surface area contributed by atoms with Gasteiger partial charge in [0.1, 0.15) is 0 Å². The maximum atomic E-state index is 10.9. The number of rotatable bonds is 5. The minimum absolute atomic E-state index is 0.320. The van der Waals surface area contributed by atoms with Crippen LogP contribution in [0.5, 0.6) is 0 Å². The molecular weight excluding hydrogens is 228 g/mol. The molecule has 0 saturated carbocycles. The zero-order chi connectivity index (χ0) is 13.0. The molecule has 0 amide bonds. The van der Waals surface area contributed by atoms with Gasteiger partial charge >= 0.3 is 5.97 Å². The van der Waals surface area contributed by atoms with Crippen molar-refractivity contribution in [2.45, 2.75) is 6.42 Å². The number of nitrogens with one attached hydrogen (secondary N) is 1. The third-order valence-corrected chi connectivity index (χ3v) is 2.93. The highest BCUT2D eigenvalue weighted by atomic mass is 16.4. The number of carboxylic acids is 1. The molecule has 0 fully saturated rings. The molecule has 0 unspecified atom stereocenters. The smallest absolute Gasteiger partial charge is 0.335 e. The minimum Gasteiger partial charge on any atom is -0.478 e. The van der Waals surface area contributed by atoms with Crippen LogP contribution in [0.1, 0.15) is 15.9 Å². The highest BCUT2D eigenvalue weighted by Gasteiger charge is 2.06. The van der Waals surface area contributed by atoms with E-state index in [1.165, 1.54) is 5.56 Å². The van der Waals surface area contributed by atoms with Gasteiger partial charge in [0.25, 0.3) is 0 Å². The number of carboxylic acid groups (broad SMARTS) is 1. The van der Waals surface area contributed by atoms with E-state index in [4.69, 9.17) is 5.11 Å². The van der Waals surface area contributed by atoms with Crippen LogP contribution >= 0.6 is 0 Å². The van der Waals surface area contributed by atoms with Crippen LogP contribution in [0.25, 0.3) is 0 Å². The molecule has 0 aliphatic rings. The molecule has 1 aromatic carbocycles. The van der Waals surface area contributed by atoms with Gasteiger partial charge in [0.2, 0.25) is 0 Å². The number of aromatic amines is 1. The van der Waals surface area contributed by atoms with E-state index in [1.54, 1.807) is 18.2 Å². The summed E-state index contributed by atoms with van der Waals surface area (Å²) in [4.78, 5) is 16.0. The first-order valence-corrected chi connectivity index (χ1v) is 5.83. The maximum Gasteiger partial charge on any atom is 0.335 e. The lowest BCUT2D eigenvalue weighted by Crippen LogP contribution is -2.20. The second-order valence-corrected chi connectivity index (χ2v) is 4.25. The number of nitrogens with zero attached hydrogens (tertiary/aromatic N) is 1. The molecule has 1 heterocycles. The minimum atomic E-state index is -0.893. The van der Waals surface area contributed by atoms with Crippen LogP contribution in [0.3, 0.4) is 0 Å². The molecule has 94 valence electrons. The Morgan fingerprint density at radius 1 is 1.39 bits per heavy atom. The number of H-pyrrole nitrogens is 1. The van der Waals surface area contributed by atoms with Gasteiger partial charge in [-0.1, -0.05) is 6.07 Å². The van der Waals surface area contributed by atoms with Gasteiger partial charge in [-0.25, -0.2) is 4.79 Å². The summed E-state index contributed by atoms with van der Waals surface area (Å²) in [5.74, 6) is -0.893. The van der Waals surface area contributed by atoms with Crippen LogP contribution in [0.2, 0.25) is 0 Å². The average molecular weight is 244 g/mol. The Morgan fingerprint density at radius 3 is 2.89 bits per heavy atom. The molecule has 1 aromatic heterocycles. The third kappa shape index (κ3) is 2.91. The summed E-state index contributed by atoms with van der Waals surface area (Å²) in [6, 6.07) is 9.03. The average Bonchev–Trinajstić information content (AvgIpc) is 2.89. The Bertz CT molecular complexity index is 520. The molecule has 2 N–H and O–H groups in total. The van der Waals surface area contributed by atoms with Gasteiger partial charge in [-0.15, -0.1) is 0 Å². The van der Waals surface area contributed by atoms with Gasteiger partial charge in [0, 0.05) is 31.7 Å². The quantitative estimate of drug-likeness (QED) is 0.849. The number of likely N-dealkylation sites (N-methyl/N-ethyl adjacent to an activating group) is 1. The van der Waals surface area contributed by atoms with Crippen LogP contribution in [-0.2, 0) is 6.42 Å². The van der Waals surface area contributed by atoms with E-state index in [0.717, 1.165) is 18.7 Å². The molecule has 0 spiro atoms. The number of aromatic carboxylic acids is 1. The van der Waals surface area contributed by atoms with E-state index in [9.17, 15) is 4.79 Å². The number of aromatic nitrogens is 1. The molecular formula is C14H16N2O2. The highest BCUT2D eigenvalue weighted by Crippen LogP contribution is 2.15. The second kappa shape index (κ2) is 5.40. The number of hydrogen-bond donors (Lipinski definition) is 2. The van der Waals surface area contributed by atoms with Crippen molar-refractivity contribution in [2.75, 3.05) is 18.5 Å². The van der Waals surface area contributed by atoms with Gasteiger partial charge in [-0.3, -0.25) is 0 Å². The Balaban J connectivity index is 2.02. The highest BCUT2D eigenvalue weighted by molar-refractivity contribution is 5.88. The number of carbonyl (C=O) groups is 1. The second-order valence-electron chi connectivity index (χ2n) is 4.25. The zero-order valence-corrected chi connectivity index (χ0v) is 10.3. The van der Waals surface area contributed by atoms with E-state index in [2.05, 4.69) is 9.88 Å². The topological polar surface area (TPSA) is 56.3 Å². The van der Waals surface area contributed by atoms with Gasteiger partial charge in [-0.05, 0) is 36.2 Å². The molecule has 0 atom stereocenters. The van der Waals surface area contributed by atoms with E-state index in [1.807, 2.05) is 31.6 Å². The summed E-state index contributed by atoms with van der Waals surface area (Å²) in [5.41, 5.74) is 2.49. The van der Waals surface area contributed by atoms with E-state index in [-0.39, 0.29) is 0 Å². The van der Waals surface area contributed by atoms with Crippen molar-refractivity contribution >= 4 is 11.7 Å². The molecule has 2 rings (SSSR count). The Labute approximate surface area is 106 Å². The lowest BCUT2D eigenvalue weighted by Gasteiger charge is -2.19. The first kappa shape index (κ1) is 12.2. The normalized spacial score (nSPS) is 10.3. The lowest BCUT2D eigenvalue weighted by atomic mass is 10.2. The van der Waals surface area contributed by atoms with Gasteiger partial charge < -0.3 is 15.0 Å². The summed E-state index contributed by atoms with van der Waals surface area (Å²) in [6.07, 6.45) is 4.80. The molecule has 4 heteroatoms. The standard InChI is InChI=1S/C14H16N2O2/c1-16(8-6-11-5-7-15-10-11)13-4-2-3-12(9-13)14(17)18/h2-5,7,9-10,15H,6,8H2,1H3,(H,17,18). The molecule has 0 aliphatic heterocycles. The van der Waals surface area contributed by atoms with E-state index in [0.29, 0.717) is 5.56 Å². The van der Waals surface area contributed by atoms with Crippen molar-refractivity contribution in [1.29, 1.82) is 0 Å². The molecule has 0 radical (unpaired) electrons. The van der Waals surface area contributed by atoms with E-state index >= 15 is 0 Å². The predicted molar refractivity (Wildman–Crippen MR) is 71.2 cm³/mol. The molecule has 4 nitrogen and oxygen atoms in total. The Morgan fingerprint density at radius 2 is 2.22 bits per heavy atom. The van der Waals surface area contributed by atoms with Gasteiger partial charge in [-0.2, -0.15) is 0 Å². The molecule has 0 saturated heterocycles. The Hall–Kier alpha value is -2.23. The van der Waals surface area contributed by atoms with Crippen LogP contribution in [0.4, 0.5) is 5.69 Å². The van der Waals surface area contributed by atoms with Gasteiger partial charge in [0.15, 0.2) is 0 Å². The van der Waals surface area contributed by atoms with Crippen LogP contribution < -0.4 is 4.90 Å². The summed E-state index contributed by atoms with van der Waals surface area (Å²) in [7, 11) is 1.97. The van der Waals surface area contributed by atoms with Crippen LogP contribution in [0.15, 0.2) is 42.7 Å². The number of benzene rings is 1. The van der Waals surface area contributed by atoms with Crippen molar-refractivity contribution in [3.05, 3.63) is 53.9 Å². The summed E-state index contributed by atoms with van der Waals surface area (Å²) in [5, 5.41) is 8.95. The van der Waals surface area contributed by atoms with Crippen molar-refractivity contribution in [3.8, 4) is 0 Å². The molecule has 0 aliphatic carbocycles. The largest absolute Gasteiger partial charge is 0.478 e. The monoisotopic (exact) mass is 244 g/mol. The summed E-state index contributed by atoms with van der Waals surface area (Å²) >= 11 is 0. The molecule has 0 bridgehead atoms. The zero-order valence-electron chi connectivity index (χ0n) is 10.3. The fraction of sp³-hybridized carbons (Fsp3) is 0.214. The van der Waals surface area contributed by atoms with Gasteiger partial charge in [0.05, 0.1) is 5.56 Å². The fourth-order valence-corrected chi connectivity index (χ4v) is 1.82. The first-order valence-electron chi connectivity index (χ1n) is 5.83. The van der Waals surface area contributed by atoms with Crippen molar-refractivity contribution < 1.29 is 9.90 Å². The maximum absolute atomic E-state index is 10.9. The van der Waals surface area contributed by atoms with Crippen molar-refractivity contribution in [3.63, 3.8) is 0 Å². The van der Waals surface area contributed by atoms with Crippen molar-refractivity contribution in [2.24, 2.45) is 0 Å². The van der Waals surface area contributed by atoms with Crippen LogP contribution in [0, 0.1) is 0 Å². The lowest BCUT2D eigenvalue weighted by molar-refractivity contribution is 0.0697. The van der Waals surface area contributed by atoms with E-state index < -0.39 is 5.97 Å². The SMILES string of the molecule is CN(CCc1cc[nH]c1)c1cccc(C(=O)O)c1. The Kier molecular flexibility index (Phi) is 3.67. The molecule has 18 heavy (non-hydrogen) atoms.